The maximum Gasteiger partial charge on any atom is 0.261 e. The number of carbonyl (C=O) groups excluding carboxylic acids is 1. The summed E-state index contributed by atoms with van der Waals surface area (Å²) in [7, 11) is 0. The van der Waals surface area contributed by atoms with E-state index in [4.69, 9.17) is 4.74 Å². The summed E-state index contributed by atoms with van der Waals surface area (Å²) >= 11 is 0. The van der Waals surface area contributed by atoms with Crippen LogP contribution in [-0.2, 0) is 4.79 Å². The van der Waals surface area contributed by atoms with Crippen molar-refractivity contribution in [3.63, 3.8) is 0 Å². The molecule has 1 aromatic rings. The molecular formula is C16H23NO2. The quantitative estimate of drug-likeness (QED) is 0.799. The second-order valence-electron chi connectivity index (χ2n) is 4.99. The summed E-state index contributed by atoms with van der Waals surface area (Å²) < 4.78 is 5.80. The van der Waals surface area contributed by atoms with Crippen LogP contribution >= 0.6 is 0 Å². The van der Waals surface area contributed by atoms with Crippen molar-refractivity contribution in [1.82, 2.24) is 5.32 Å². The van der Waals surface area contributed by atoms with Crippen molar-refractivity contribution >= 4 is 5.91 Å². The predicted octanol–water partition coefficient (Wildman–Crippen LogP) is 3.19. The van der Waals surface area contributed by atoms with Gasteiger partial charge in [-0.3, -0.25) is 4.79 Å². The van der Waals surface area contributed by atoms with E-state index in [0.717, 1.165) is 16.9 Å². The largest absolute Gasteiger partial charge is 0.481 e. The standard InChI is InChI=1S/C16H23NO2/c1-6-9-17-16(18)13(5)19-15-10-12(4)7-8-14(15)11(2)3/h6-8,10-11,13H,1,9H2,2-5H3,(H,17,18). The normalized spacial score (nSPS) is 12.1. The van der Waals surface area contributed by atoms with Crippen molar-refractivity contribution in [1.29, 1.82) is 0 Å². The van der Waals surface area contributed by atoms with Gasteiger partial charge in [-0.1, -0.05) is 32.1 Å². The van der Waals surface area contributed by atoms with Crippen LogP contribution in [0.5, 0.6) is 5.75 Å². The minimum Gasteiger partial charge on any atom is -0.481 e. The van der Waals surface area contributed by atoms with Crippen LogP contribution in [0.4, 0.5) is 0 Å². The van der Waals surface area contributed by atoms with E-state index in [1.54, 1.807) is 13.0 Å². The van der Waals surface area contributed by atoms with Crippen LogP contribution in [0.25, 0.3) is 0 Å². The van der Waals surface area contributed by atoms with E-state index >= 15 is 0 Å². The lowest BCUT2D eigenvalue weighted by Crippen LogP contribution is -2.36. The average Bonchev–Trinajstić information content (AvgIpc) is 2.35. The third-order valence-corrected chi connectivity index (χ3v) is 2.88. The van der Waals surface area contributed by atoms with Crippen LogP contribution in [0.3, 0.4) is 0 Å². The molecule has 0 spiro atoms. The molecule has 1 aromatic carbocycles. The third-order valence-electron chi connectivity index (χ3n) is 2.88. The molecule has 0 aliphatic carbocycles. The zero-order valence-corrected chi connectivity index (χ0v) is 12.2. The number of benzene rings is 1. The summed E-state index contributed by atoms with van der Waals surface area (Å²) in [6, 6.07) is 6.10. The molecule has 0 saturated heterocycles. The average molecular weight is 261 g/mol. The highest BCUT2D eigenvalue weighted by Crippen LogP contribution is 2.28. The third kappa shape index (κ3) is 4.43. The maximum atomic E-state index is 11.8. The van der Waals surface area contributed by atoms with Crippen LogP contribution in [0.2, 0.25) is 0 Å². The topological polar surface area (TPSA) is 38.3 Å². The minimum absolute atomic E-state index is 0.129. The second kappa shape index (κ2) is 6.98. The van der Waals surface area contributed by atoms with Crippen molar-refractivity contribution in [2.45, 2.75) is 39.7 Å². The van der Waals surface area contributed by atoms with Crippen LogP contribution in [0, 0.1) is 6.92 Å². The van der Waals surface area contributed by atoms with Crippen molar-refractivity contribution in [2.24, 2.45) is 0 Å². The van der Waals surface area contributed by atoms with Crippen molar-refractivity contribution < 1.29 is 9.53 Å². The van der Waals surface area contributed by atoms with Gasteiger partial charge in [0.2, 0.25) is 0 Å². The molecule has 0 fully saturated rings. The molecule has 0 bridgehead atoms. The molecule has 1 unspecified atom stereocenters. The van der Waals surface area contributed by atoms with Gasteiger partial charge >= 0.3 is 0 Å². The van der Waals surface area contributed by atoms with E-state index in [-0.39, 0.29) is 5.91 Å². The van der Waals surface area contributed by atoms with Gasteiger partial charge in [-0.15, -0.1) is 6.58 Å². The monoisotopic (exact) mass is 261 g/mol. The Hall–Kier alpha value is -1.77. The molecule has 3 nitrogen and oxygen atoms in total. The van der Waals surface area contributed by atoms with Crippen LogP contribution in [0.15, 0.2) is 30.9 Å². The number of rotatable bonds is 6. The van der Waals surface area contributed by atoms with E-state index in [0.29, 0.717) is 12.5 Å². The molecule has 0 aliphatic heterocycles. The summed E-state index contributed by atoms with van der Waals surface area (Å²) in [4.78, 5) is 11.8. The molecular weight excluding hydrogens is 238 g/mol. The zero-order chi connectivity index (χ0) is 14.4. The van der Waals surface area contributed by atoms with Crippen molar-refractivity contribution in [3.05, 3.63) is 42.0 Å². The lowest BCUT2D eigenvalue weighted by molar-refractivity contribution is -0.127. The van der Waals surface area contributed by atoms with Gasteiger partial charge in [0.1, 0.15) is 5.75 Å². The molecule has 104 valence electrons. The molecule has 0 heterocycles. The Morgan fingerprint density at radius 3 is 2.68 bits per heavy atom. The van der Waals surface area contributed by atoms with Crippen LogP contribution in [-0.4, -0.2) is 18.6 Å². The number of aryl methyl sites for hydroxylation is 1. The highest BCUT2D eigenvalue weighted by Gasteiger charge is 2.16. The van der Waals surface area contributed by atoms with Gasteiger partial charge < -0.3 is 10.1 Å². The molecule has 0 radical (unpaired) electrons. The van der Waals surface area contributed by atoms with E-state index in [1.165, 1.54) is 0 Å². The van der Waals surface area contributed by atoms with Crippen LogP contribution < -0.4 is 10.1 Å². The first-order chi connectivity index (χ1) is 8.95. The number of hydrogen-bond donors (Lipinski definition) is 1. The Kier molecular flexibility index (Phi) is 5.61. The lowest BCUT2D eigenvalue weighted by atomic mass is 10.0. The molecule has 3 heteroatoms. The molecule has 19 heavy (non-hydrogen) atoms. The fourth-order valence-corrected chi connectivity index (χ4v) is 1.78. The van der Waals surface area contributed by atoms with Gasteiger partial charge in [-0.05, 0) is 37.0 Å². The fourth-order valence-electron chi connectivity index (χ4n) is 1.78. The highest BCUT2D eigenvalue weighted by atomic mass is 16.5. The van der Waals surface area contributed by atoms with Gasteiger partial charge in [0.25, 0.3) is 5.91 Å². The number of amides is 1. The summed E-state index contributed by atoms with van der Waals surface area (Å²) in [6.07, 6.45) is 1.14. The van der Waals surface area contributed by atoms with Crippen LogP contribution in [0.1, 0.15) is 37.8 Å². The number of ether oxygens (including phenoxy) is 1. The Balaban J connectivity index is 2.83. The predicted molar refractivity (Wildman–Crippen MR) is 78.6 cm³/mol. The molecule has 1 atom stereocenters. The summed E-state index contributed by atoms with van der Waals surface area (Å²) in [6.45, 7) is 12.0. The molecule has 1 rings (SSSR count). The first-order valence-corrected chi connectivity index (χ1v) is 6.61. The molecule has 1 amide bonds. The Morgan fingerprint density at radius 1 is 1.42 bits per heavy atom. The Labute approximate surface area is 115 Å². The van der Waals surface area contributed by atoms with Gasteiger partial charge in [0.15, 0.2) is 6.10 Å². The Bertz CT molecular complexity index is 452. The fraction of sp³-hybridized carbons (Fsp3) is 0.438. The van der Waals surface area contributed by atoms with Gasteiger partial charge in [0, 0.05) is 6.54 Å². The lowest BCUT2D eigenvalue weighted by Gasteiger charge is -2.19. The maximum absolute atomic E-state index is 11.8. The molecule has 0 aliphatic rings. The number of nitrogens with one attached hydrogen (secondary N) is 1. The number of hydrogen-bond acceptors (Lipinski definition) is 2. The van der Waals surface area contributed by atoms with E-state index in [2.05, 4.69) is 37.9 Å². The first-order valence-electron chi connectivity index (χ1n) is 6.61. The van der Waals surface area contributed by atoms with Crippen molar-refractivity contribution in [3.8, 4) is 5.75 Å². The summed E-state index contributed by atoms with van der Waals surface area (Å²) in [5.74, 6) is 1.02. The molecule has 1 N–H and O–H groups in total. The smallest absolute Gasteiger partial charge is 0.261 e. The molecule has 0 saturated carbocycles. The Morgan fingerprint density at radius 2 is 2.11 bits per heavy atom. The molecule has 0 aromatic heterocycles. The highest BCUT2D eigenvalue weighted by molar-refractivity contribution is 5.80. The number of carbonyl (C=O) groups is 1. The van der Waals surface area contributed by atoms with Crippen molar-refractivity contribution in [2.75, 3.05) is 6.54 Å². The minimum atomic E-state index is -0.515. The van der Waals surface area contributed by atoms with Gasteiger partial charge in [-0.25, -0.2) is 0 Å². The zero-order valence-electron chi connectivity index (χ0n) is 12.2. The van der Waals surface area contributed by atoms with E-state index < -0.39 is 6.10 Å². The first kappa shape index (κ1) is 15.3. The van der Waals surface area contributed by atoms with Gasteiger partial charge in [0.05, 0.1) is 0 Å². The summed E-state index contributed by atoms with van der Waals surface area (Å²) in [5.41, 5.74) is 2.24. The van der Waals surface area contributed by atoms with Gasteiger partial charge in [-0.2, -0.15) is 0 Å². The van der Waals surface area contributed by atoms with E-state index in [1.807, 2.05) is 13.0 Å². The van der Waals surface area contributed by atoms with E-state index in [9.17, 15) is 4.79 Å². The second-order valence-corrected chi connectivity index (χ2v) is 4.99. The summed E-state index contributed by atoms with van der Waals surface area (Å²) in [5, 5.41) is 2.73. The SMILES string of the molecule is C=CCNC(=O)C(C)Oc1cc(C)ccc1C(C)C.